The third kappa shape index (κ3) is 0.902. The van der Waals surface area contributed by atoms with E-state index in [1.807, 2.05) is 12.1 Å². The van der Waals surface area contributed by atoms with Gasteiger partial charge in [0, 0.05) is 18.0 Å². The molecule has 0 aliphatic carbocycles. The lowest BCUT2D eigenvalue weighted by molar-refractivity contribution is 0.112. The first-order chi connectivity index (χ1) is 5.40. The van der Waals surface area contributed by atoms with Crippen LogP contribution in [0, 0.1) is 0 Å². The van der Waals surface area contributed by atoms with Crippen LogP contribution in [0.15, 0.2) is 30.6 Å². The molecule has 2 aromatic rings. The van der Waals surface area contributed by atoms with Crippen molar-refractivity contribution >= 4 is 11.8 Å². The molecule has 0 N–H and O–H groups in total. The van der Waals surface area contributed by atoms with Crippen LogP contribution in [0.3, 0.4) is 0 Å². The number of aromatic nitrogens is 2. The lowest BCUT2D eigenvalue weighted by Crippen LogP contribution is -1.84. The minimum Gasteiger partial charge on any atom is -0.298 e. The Balaban J connectivity index is 2.78. The molecule has 0 aliphatic rings. The van der Waals surface area contributed by atoms with Gasteiger partial charge in [-0.25, -0.2) is 4.52 Å². The molecule has 3 heteroatoms. The molecule has 0 saturated heterocycles. The van der Waals surface area contributed by atoms with Crippen LogP contribution < -0.4 is 0 Å². The lowest BCUT2D eigenvalue weighted by Gasteiger charge is -1.87. The molecule has 2 rings (SSSR count). The number of fused-ring (bicyclic) bond motifs is 1. The van der Waals surface area contributed by atoms with E-state index >= 15 is 0 Å². The van der Waals surface area contributed by atoms with Crippen molar-refractivity contribution in [1.29, 1.82) is 0 Å². The summed E-state index contributed by atoms with van der Waals surface area (Å²) in [4.78, 5) is 10.3. The molecule has 0 saturated carbocycles. The third-order valence-corrected chi connectivity index (χ3v) is 1.53. The Labute approximate surface area is 63.3 Å². The van der Waals surface area contributed by atoms with E-state index in [4.69, 9.17) is 0 Å². The van der Waals surface area contributed by atoms with Crippen molar-refractivity contribution in [1.82, 2.24) is 9.61 Å². The predicted molar refractivity (Wildman–Crippen MR) is 40.6 cm³/mol. The average Bonchev–Trinajstić information content (AvgIpc) is 2.46. The molecule has 0 radical (unpaired) electrons. The van der Waals surface area contributed by atoms with E-state index in [2.05, 4.69) is 5.10 Å². The van der Waals surface area contributed by atoms with Crippen molar-refractivity contribution < 1.29 is 4.79 Å². The number of hydrogen-bond donors (Lipinski definition) is 0. The van der Waals surface area contributed by atoms with Crippen molar-refractivity contribution in [3.05, 3.63) is 36.2 Å². The standard InChI is InChI=1S/C8H6N2O/c11-6-7-4-8-2-1-3-9-10(8)5-7/h1-6H. The second-order valence-electron chi connectivity index (χ2n) is 2.28. The van der Waals surface area contributed by atoms with Gasteiger partial charge in [0.15, 0.2) is 6.29 Å². The summed E-state index contributed by atoms with van der Waals surface area (Å²) < 4.78 is 1.67. The third-order valence-electron chi connectivity index (χ3n) is 1.53. The molecule has 0 atom stereocenters. The Morgan fingerprint density at radius 3 is 3.18 bits per heavy atom. The first-order valence-corrected chi connectivity index (χ1v) is 3.29. The summed E-state index contributed by atoms with van der Waals surface area (Å²) >= 11 is 0. The van der Waals surface area contributed by atoms with Crippen LogP contribution in [0.4, 0.5) is 0 Å². The van der Waals surface area contributed by atoms with Crippen LogP contribution in [0.5, 0.6) is 0 Å². The highest BCUT2D eigenvalue weighted by molar-refractivity contribution is 5.77. The molecular weight excluding hydrogens is 140 g/mol. The summed E-state index contributed by atoms with van der Waals surface area (Å²) in [5.74, 6) is 0. The Morgan fingerprint density at radius 2 is 2.45 bits per heavy atom. The Kier molecular flexibility index (Phi) is 1.22. The van der Waals surface area contributed by atoms with Gasteiger partial charge >= 0.3 is 0 Å². The number of nitrogens with zero attached hydrogens (tertiary/aromatic N) is 2. The highest BCUT2D eigenvalue weighted by Crippen LogP contribution is 2.04. The van der Waals surface area contributed by atoms with Gasteiger partial charge in [-0.15, -0.1) is 0 Å². The van der Waals surface area contributed by atoms with Crippen molar-refractivity contribution in [3.8, 4) is 0 Å². The largest absolute Gasteiger partial charge is 0.298 e. The molecule has 0 aromatic carbocycles. The van der Waals surface area contributed by atoms with E-state index in [1.165, 1.54) is 0 Å². The maximum atomic E-state index is 10.3. The molecule has 54 valence electrons. The molecule has 0 unspecified atom stereocenters. The summed E-state index contributed by atoms with van der Waals surface area (Å²) in [6.07, 6.45) is 4.19. The van der Waals surface area contributed by atoms with E-state index in [1.54, 1.807) is 23.0 Å². The highest BCUT2D eigenvalue weighted by Gasteiger charge is 1.95. The van der Waals surface area contributed by atoms with E-state index in [0.717, 1.165) is 11.8 Å². The monoisotopic (exact) mass is 146 g/mol. The quantitative estimate of drug-likeness (QED) is 0.565. The molecule has 0 amide bonds. The maximum absolute atomic E-state index is 10.3. The smallest absolute Gasteiger partial charge is 0.151 e. The van der Waals surface area contributed by atoms with Gasteiger partial charge in [0.05, 0.1) is 5.52 Å². The van der Waals surface area contributed by atoms with Gasteiger partial charge in [0.25, 0.3) is 0 Å². The number of carbonyl (C=O) groups excluding carboxylic acids is 1. The molecule has 0 spiro atoms. The minimum atomic E-state index is 0.656. The Hall–Kier alpha value is -1.64. The number of carbonyl (C=O) groups is 1. The van der Waals surface area contributed by atoms with Crippen LogP contribution in [0.25, 0.3) is 5.52 Å². The molecule has 3 nitrogen and oxygen atoms in total. The van der Waals surface area contributed by atoms with E-state index in [0.29, 0.717) is 5.56 Å². The normalized spacial score (nSPS) is 10.2. The van der Waals surface area contributed by atoms with Gasteiger partial charge in [-0.3, -0.25) is 4.79 Å². The summed E-state index contributed by atoms with van der Waals surface area (Å²) in [5, 5.41) is 4.01. The zero-order valence-electron chi connectivity index (χ0n) is 5.77. The van der Waals surface area contributed by atoms with Crippen LogP contribution in [-0.4, -0.2) is 15.9 Å². The summed E-state index contributed by atoms with van der Waals surface area (Å²) in [6.45, 7) is 0. The summed E-state index contributed by atoms with van der Waals surface area (Å²) in [7, 11) is 0. The fraction of sp³-hybridized carbons (Fsp3) is 0. The second-order valence-corrected chi connectivity index (χ2v) is 2.28. The van der Waals surface area contributed by atoms with Crippen LogP contribution in [0.1, 0.15) is 10.4 Å². The second kappa shape index (κ2) is 2.20. The van der Waals surface area contributed by atoms with Crippen molar-refractivity contribution in [2.45, 2.75) is 0 Å². The number of hydrogen-bond acceptors (Lipinski definition) is 2. The molecule has 0 bridgehead atoms. The molecule has 0 fully saturated rings. The van der Waals surface area contributed by atoms with Crippen molar-refractivity contribution in [2.75, 3.05) is 0 Å². The molecule has 2 heterocycles. The van der Waals surface area contributed by atoms with E-state index in [9.17, 15) is 4.79 Å². The fourth-order valence-corrected chi connectivity index (χ4v) is 1.03. The topological polar surface area (TPSA) is 34.4 Å². The van der Waals surface area contributed by atoms with Crippen molar-refractivity contribution in [2.24, 2.45) is 0 Å². The predicted octanol–water partition coefficient (Wildman–Crippen LogP) is 1.15. The van der Waals surface area contributed by atoms with E-state index in [-0.39, 0.29) is 0 Å². The van der Waals surface area contributed by atoms with Gasteiger partial charge in [0.1, 0.15) is 0 Å². The van der Waals surface area contributed by atoms with Gasteiger partial charge in [-0.1, -0.05) is 0 Å². The van der Waals surface area contributed by atoms with Gasteiger partial charge in [-0.2, -0.15) is 5.10 Å². The lowest BCUT2D eigenvalue weighted by atomic mass is 10.3. The molecule has 0 aliphatic heterocycles. The zero-order chi connectivity index (χ0) is 7.68. The van der Waals surface area contributed by atoms with Gasteiger partial charge in [0.2, 0.25) is 0 Å². The molecule has 11 heavy (non-hydrogen) atoms. The average molecular weight is 146 g/mol. The Morgan fingerprint density at radius 1 is 1.55 bits per heavy atom. The van der Waals surface area contributed by atoms with Crippen LogP contribution >= 0.6 is 0 Å². The summed E-state index contributed by atoms with van der Waals surface area (Å²) in [6, 6.07) is 5.53. The van der Waals surface area contributed by atoms with Crippen molar-refractivity contribution in [3.63, 3.8) is 0 Å². The first kappa shape index (κ1) is 6.09. The minimum absolute atomic E-state index is 0.656. The van der Waals surface area contributed by atoms with E-state index < -0.39 is 0 Å². The molecular formula is C8H6N2O. The number of aldehydes is 1. The van der Waals surface area contributed by atoms with Crippen LogP contribution in [-0.2, 0) is 0 Å². The molecule has 2 aromatic heterocycles. The highest BCUT2D eigenvalue weighted by atomic mass is 16.1. The Bertz CT molecular complexity index is 359. The SMILES string of the molecule is O=Cc1cc2cccnn2c1. The van der Waals surface area contributed by atoms with Gasteiger partial charge < -0.3 is 0 Å². The maximum Gasteiger partial charge on any atom is 0.151 e. The zero-order valence-corrected chi connectivity index (χ0v) is 5.77. The number of rotatable bonds is 1. The summed E-state index contributed by atoms with van der Waals surface area (Å²) in [5.41, 5.74) is 1.60. The first-order valence-electron chi connectivity index (χ1n) is 3.29. The van der Waals surface area contributed by atoms with Gasteiger partial charge in [-0.05, 0) is 18.2 Å². The van der Waals surface area contributed by atoms with Crippen LogP contribution in [0.2, 0.25) is 0 Å². The fourth-order valence-electron chi connectivity index (χ4n) is 1.03.